The fourth-order valence-electron chi connectivity index (χ4n) is 0.595. The van der Waals surface area contributed by atoms with Gasteiger partial charge in [0.1, 0.15) is 5.60 Å². The number of aliphatic carboxylic acids is 1. The molecule has 0 saturated carbocycles. The van der Waals surface area contributed by atoms with E-state index >= 15 is 0 Å². The monoisotopic (exact) mass is 217 g/mol. The van der Waals surface area contributed by atoms with Crippen LogP contribution in [-0.4, -0.2) is 35.0 Å². The first-order valence-electron chi connectivity index (χ1n) is 4.25. The van der Waals surface area contributed by atoms with Crippen LogP contribution in [0.25, 0.3) is 0 Å². The van der Waals surface area contributed by atoms with Gasteiger partial charge in [-0.05, 0) is 20.8 Å². The summed E-state index contributed by atoms with van der Waals surface area (Å²) in [6.45, 7) is 4.76. The van der Waals surface area contributed by atoms with Crippen LogP contribution < -0.4 is 11.2 Å². The number of hydrogen-bond donors (Lipinski definition) is 3. The Kier molecular flexibility index (Phi) is 4.72. The molecule has 15 heavy (non-hydrogen) atoms. The fourth-order valence-corrected chi connectivity index (χ4v) is 0.595. The molecule has 0 atom stereocenters. The number of nitrogens with zero attached hydrogens (tertiary/aromatic N) is 1. The quantitative estimate of drug-likeness (QED) is 0.451. The van der Waals surface area contributed by atoms with Crippen molar-refractivity contribution in [1.82, 2.24) is 5.43 Å². The minimum Gasteiger partial charge on any atom is -0.477 e. The molecule has 0 bridgehead atoms. The first-order valence-corrected chi connectivity index (χ1v) is 4.25. The highest BCUT2D eigenvalue weighted by Gasteiger charge is 2.16. The maximum Gasteiger partial charge on any atom is 0.428 e. The molecule has 1 amide bonds. The normalized spacial score (nSPS) is 12.1. The van der Waals surface area contributed by atoms with E-state index in [-0.39, 0.29) is 12.3 Å². The molecule has 0 unspecified atom stereocenters. The van der Waals surface area contributed by atoms with Gasteiger partial charge in [-0.25, -0.2) is 15.0 Å². The predicted octanol–water partition coefficient (Wildman–Crippen LogP) is -0.0896. The molecule has 4 N–H and O–H groups in total. The van der Waals surface area contributed by atoms with Crippen molar-refractivity contribution in [2.24, 2.45) is 10.8 Å². The molecule has 0 aromatic heterocycles. The van der Waals surface area contributed by atoms with Gasteiger partial charge in [-0.2, -0.15) is 5.10 Å². The summed E-state index contributed by atoms with van der Waals surface area (Å²) in [4.78, 5) is 21.5. The van der Waals surface area contributed by atoms with Crippen LogP contribution >= 0.6 is 0 Å². The molecule has 0 aliphatic rings. The first kappa shape index (κ1) is 13.4. The lowest BCUT2D eigenvalue weighted by molar-refractivity contribution is -0.129. The van der Waals surface area contributed by atoms with Crippen LogP contribution in [0, 0.1) is 0 Å². The number of hydrogen-bond acceptors (Lipinski definition) is 5. The molecule has 0 radical (unpaired) electrons. The van der Waals surface area contributed by atoms with E-state index in [1.807, 2.05) is 5.43 Å². The maximum atomic E-state index is 11.0. The second-order valence-corrected chi connectivity index (χ2v) is 3.68. The van der Waals surface area contributed by atoms with Gasteiger partial charge < -0.3 is 15.6 Å². The van der Waals surface area contributed by atoms with Gasteiger partial charge in [-0.1, -0.05) is 0 Å². The maximum absolute atomic E-state index is 11.0. The Balaban J connectivity index is 4.25. The van der Waals surface area contributed by atoms with Crippen molar-refractivity contribution in [3.63, 3.8) is 0 Å². The van der Waals surface area contributed by atoms with Gasteiger partial charge in [0.15, 0.2) is 5.71 Å². The third-order valence-electron chi connectivity index (χ3n) is 1.12. The Labute approximate surface area is 87.3 Å². The van der Waals surface area contributed by atoms with Crippen molar-refractivity contribution >= 4 is 17.8 Å². The number of carbonyl (C=O) groups excluding carboxylic acids is 1. The third kappa shape index (κ3) is 6.44. The van der Waals surface area contributed by atoms with Gasteiger partial charge in [0.05, 0.1) is 0 Å². The number of hydrazone groups is 1. The van der Waals surface area contributed by atoms with E-state index in [0.29, 0.717) is 0 Å². The van der Waals surface area contributed by atoms with Crippen LogP contribution in [0.2, 0.25) is 0 Å². The predicted molar refractivity (Wildman–Crippen MR) is 53.5 cm³/mol. The van der Waals surface area contributed by atoms with Crippen molar-refractivity contribution in [1.29, 1.82) is 0 Å². The zero-order valence-electron chi connectivity index (χ0n) is 8.90. The minimum atomic E-state index is -1.28. The Bertz CT molecular complexity index is 280. The largest absolute Gasteiger partial charge is 0.477 e. The van der Waals surface area contributed by atoms with Crippen LogP contribution in [0.5, 0.6) is 0 Å². The SMILES string of the molecule is CC(C)(C)OC(=O)N/N=C(/CN)C(=O)O. The molecule has 0 spiro atoms. The Morgan fingerprint density at radius 1 is 1.47 bits per heavy atom. The number of ether oxygens (including phenoxy) is 1. The van der Waals surface area contributed by atoms with E-state index in [1.165, 1.54) is 0 Å². The van der Waals surface area contributed by atoms with Crippen molar-refractivity contribution in [2.45, 2.75) is 26.4 Å². The van der Waals surface area contributed by atoms with E-state index in [1.54, 1.807) is 20.8 Å². The summed E-state index contributed by atoms with van der Waals surface area (Å²) in [6, 6.07) is 0. The van der Waals surface area contributed by atoms with Gasteiger partial charge in [-0.3, -0.25) is 0 Å². The molecule has 7 nitrogen and oxygen atoms in total. The van der Waals surface area contributed by atoms with Crippen molar-refractivity contribution in [3.8, 4) is 0 Å². The summed E-state index contributed by atoms with van der Waals surface area (Å²) >= 11 is 0. The number of amides is 1. The number of rotatable bonds is 3. The van der Waals surface area contributed by atoms with Crippen LogP contribution in [-0.2, 0) is 9.53 Å². The number of carboxylic acid groups (broad SMARTS) is 1. The topological polar surface area (TPSA) is 114 Å². The number of carboxylic acids is 1. The van der Waals surface area contributed by atoms with E-state index in [4.69, 9.17) is 15.6 Å². The Morgan fingerprint density at radius 2 is 2.00 bits per heavy atom. The smallest absolute Gasteiger partial charge is 0.428 e. The van der Waals surface area contributed by atoms with Crippen LogP contribution in [0.3, 0.4) is 0 Å². The molecule has 0 aromatic carbocycles. The molecule has 0 aliphatic heterocycles. The van der Waals surface area contributed by atoms with Gasteiger partial charge in [0.25, 0.3) is 0 Å². The van der Waals surface area contributed by atoms with E-state index in [0.717, 1.165) is 0 Å². The van der Waals surface area contributed by atoms with E-state index in [9.17, 15) is 9.59 Å². The molecule has 7 heteroatoms. The van der Waals surface area contributed by atoms with Gasteiger partial charge >= 0.3 is 12.1 Å². The highest BCUT2D eigenvalue weighted by molar-refractivity contribution is 6.36. The summed E-state index contributed by atoms with van der Waals surface area (Å²) in [6.07, 6.45) is -0.824. The van der Waals surface area contributed by atoms with Crippen molar-refractivity contribution in [2.75, 3.05) is 6.54 Å². The third-order valence-corrected chi connectivity index (χ3v) is 1.12. The van der Waals surface area contributed by atoms with Crippen molar-refractivity contribution < 1.29 is 19.4 Å². The molecular formula is C8H15N3O4. The van der Waals surface area contributed by atoms with Crippen LogP contribution in [0.15, 0.2) is 5.10 Å². The molecule has 0 rings (SSSR count). The Morgan fingerprint density at radius 3 is 2.33 bits per heavy atom. The first-order chi connectivity index (χ1) is 6.76. The zero-order valence-corrected chi connectivity index (χ0v) is 8.90. The summed E-state index contributed by atoms with van der Waals surface area (Å²) in [5.74, 6) is -1.28. The highest BCUT2D eigenvalue weighted by atomic mass is 16.6. The highest BCUT2D eigenvalue weighted by Crippen LogP contribution is 2.06. The lowest BCUT2D eigenvalue weighted by atomic mass is 10.2. The average molecular weight is 217 g/mol. The second kappa shape index (κ2) is 5.30. The summed E-state index contributed by atoms with van der Waals surface area (Å²) in [7, 11) is 0. The van der Waals surface area contributed by atoms with E-state index in [2.05, 4.69) is 5.10 Å². The summed E-state index contributed by atoms with van der Waals surface area (Å²) in [5, 5.41) is 11.8. The molecule has 0 aliphatic carbocycles. The van der Waals surface area contributed by atoms with Gasteiger partial charge in [0, 0.05) is 6.54 Å². The number of nitrogens with two attached hydrogens (primary N) is 1. The van der Waals surface area contributed by atoms with E-state index < -0.39 is 17.7 Å². The lowest BCUT2D eigenvalue weighted by Gasteiger charge is -2.18. The average Bonchev–Trinajstić information content (AvgIpc) is 2.01. The van der Waals surface area contributed by atoms with Gasteiger partial charge in [-0.15, -0.1) is 0 Å². The molecule has 0 aromatic rings. The van der Waals surface area contributed by atoms with Crippen LogP contribution in [0.4, 0.5) is 4.79 Å². The molecular weight excluding hydrogens is 202 g/mol. The minimum absolute atomic E-state index is 0.273. The fraction of sp³-hybridized carbons (Fsp3) is 0.625. The van der Waals surface area contributed by atoms with Gasteiger partial charge in [0.2, 0.25) is 0 Å². The second-order valence-electron chi connectivity index (χ2n) is 3.68. The zero-order chi connectivity index (χ0) is 12.1. The molecule has 0 fully saturated rings. The van der Waals surface area contributed by atoms with Crippen molar-refractivity contribution in [3.05, 3.63) is 0 Å². The standard InChI is InChI=1S/C8H15N3O4/c1-8(2,3)15-7(14)11-10-5(4-9)6(12)13/h4,9H2,1-3H3,(H,11,14)(H,12,13)/b10-5-. The Hall–Kier alpha value is -1.63. The molecule has 0 heterocycles. The molecule has 0 saturated heterocycles. The van der Waals surface area contributed by atoms with Crippen LogP contribution in [0.1, 0.15) is 20.8 Å². The lowest BCUT2D eigenvalue weighted by Crippen LogP contribution is -2.32. The number of nitrogens with one attached hydrogen (secondary N) is 1. The number of carbonyl (C=O) groups is 2. The summed E-state index contributed by atoms with van der Waals surface area (Å²) < 4.78 is 4.82. The summed E-state index contributed by atoms with van der Waals surface area (Å²) in [5.41, 5.74) is 6.01. The molecule has 86 valence electrons.